The molecule has 0 fully saturated rings. The van der Waals surface area contributed by atoms with Gasteiger partial charge in [-0.2, -0.15) is 0 Å². The first-order valence-corrected chi connectivity index (χ1v) is 12.1. The van der Waals surface area contributed by atoms with Crippen LogP contribution in [0.15, 0.2) is 74.3 Å². The molecule has 2 aromatic rings. The maximum Gasteiger partial charge on any atom is 0.0473 e. The second-order valence-electron chi connectivity index (χ2n) is 6.25. The molecule has 0 atom stereocenters. The van der Waals surface area contributed by atoms with E-state index < -0.39 is 0 Å². The van der Waals surface area contributed by atoms with Crippen LogP contribution in [-0.4, -0.2) is 8.80 Å². The van der Waals surface area contributed by atoms with E-state index in [0.717, 1.165) is 11.1 Å². The minimum absolute atomic E-state index is 0.114. The summed E-state index contributed by atoms with van der Waals surface area (Å²) in [6, 6.07) is 22.6. The van der Waals surface area contributed by atoms with E-state index in [4.69, 9.17) is 0 Å². The smallest absolute Gasteiger partial charge is 0.0473 e. The first kappa shape index (κ1) is 24.9. The third kappa shape index (κ3) is 12.8. The Morgan fingerprint density at radius 1 is 0.667 bits per heavy atom. The highest BCUT2D eigenvalue weighted by molar-refractivity contribution is 6.58. The summed E-state index contributed by atoms with van der Waals surface area (Å²) in [5.41, 5.74) is 3.46. The summed E-state index contributed by atoms with van der Waals surface area (Å²) in [5.74, 6) is 0. The number of rotatable bonds is 8. The lowest BCUT2D eigenvalue weighted by Crippen LogP contribution is -2.07. The Morgan fingerprint density at radius 2 is 1.07 bits per heavy atom. The maximum atomic E-state index is 3.66. The summed E-state index contributed by atoms with van der Waals surface area (Å²) in [5, 5.41) is 0. The van der Waals surface area contributed by atoms with Crippen LogP contribution in [0.25, 0.3) is 18.2 Å². The number of hydrogen-bond acceptors (Lipinski definition) is 0. The number of unbranched alkanes of at least 4 members (excludes halogenated alkanes) is 1. The molecule has 0 bridgehead atoms. The van der Waals surface area contributed by atoms with Gasteiger partial charge in [0.1, 0.15) is 0 Å². The van der Waals surface area contributed by atoms with Gasteiger partial charge >= 0.3 is 0 Å². The highest BCUT2D eigenvalue weighted by Crippen LogP contribution is 2.08. The average Bonchev–Trinajstić information content (AvgIpc) is 2.76. The average molecular weight is 378 g/mol. The van der Waals surface area contributed by atoms with E-state index in [1.54, 1.807) is 6.04 Å². The molecule has 0 heterocycles. The van der Waals surface area contributed by atoms with E-state index in [-0.39, 0.29) is 8.80 Å². The van der Waals surface area contributed by atoms with Gasteiger partial charge in [0.25, 0.3) is 0 Å². The molecular formula is C26H37Si. The fourth-order valence-corrected chi connectivity index (χ4v) is 4.45. The van der Waals surface area contributed by atoms with Crippen LogP contribution in [0.2, 0.25) is 18.1 Å². The molecular weight excluding hydrogens is 340 g/mol. The molecule has 0 spiro atoms. The van der Waals surface area contributed by atoms with Crippen molar-refractivity contribution in [2.45, 2.75) is 51.7 Å². The molecule has 27 heavy (non-hydrogen) atoms. The summed E-state index contributed by atoms with van der Waals surface area (Å²) < 4.78 is 0. The predicted octanol–water partition coefficient (Wildman–Crippen LogP) is 8.62. The molecule has 0 saturated heterocycles. The van der Waals surface area contributed by atoms with Gasteiger partial charge in [-0.25, -0.2) is 0 Å². The molecule has 0 amide bonds. The summed E-state index contributed by atoms with van der Waals surface area (Å²) >= 11 is 0. The van der Waals surface area contributed by atoms with Crippen LogP contribution >= 0.6 is 0 Å². The zero-order valence-electron chi connectivity index (χ0n) is 17.6. The highest BCUT2D eigenvalue weighted by Gasteiger charge is 2.02. The van der Waals surface area contributed by atoms with Crippen molar-refractivity contribution in [3.8, 4) is 0 Å². The van der Waals surface area contributed by atoms with Crippen LogP contribution in [0.3, 0.4) is 0 Å². The van der Waals surface area contributed by atoms with Gasteiger partial charge in [-0.05, 0) is 16.7 Å². The third-order valence-electron chi connectivity index (χ3n) is 4.33. The van der Waals surface area contributed by atoms with Crippen LogP contribution in [-0.2, 0) is 0 Å². The minimum atomic E-state index is 0.114. The van der Waals surface area contributed by atoms with Gasteiger partial charge in [-0.15, -0.1) is 0 Å². The van der Waals surface area contributed by atoms with Gasteiger partial charge in [0.2, 0.25) is 0 Å². The molecule has 0 saturated carbocycles. The van der Waals surface area contributed by atoms with Crippen molar-refractivity contribution in [3.05, 3.63) is 91.0 Å². The Hall–Kier alpha value is -2.12. The van der Waals surface area contributed by atoms with Gasteiger partial charge in [-0.1, -0.05) is 144 Å². The quantitative estimate of drug-likeness (QED) is 0.404. The molecule has 0 aliphatic heterocycles. The van der Waals surface area contributed by atoms with E-state index in [2.05, 4.69) is 40.5 Å². The van der Waals surface area contributed by atoms with Crippen molar-refractivity contribution in [3.63, 3.8) is 0 Å². The van der Waals surface area contributed by atoms with Crippen molar-refractivity contribution >= 4 is 27.0 Å². The number of hydrogen-bond donors (Lipinski definition) is 0. The van der Waals surface area contributed by atoms with Crippen LogP contribution in [0.1, 0.15) is 50.3 Å². The Morgan fingerprint density at radius 3 is 1.37 bits per heavy atom. The summed E-state index contributed by atoms with van der Waals surface area (Å²) in [6.07, 6.45) is 8.34. The van der Waals surface area contributed by atoms with Gasteiger partial charge in [0.15, 0.2) is 0 Å². The highest BCUT2D eigenvalue weighted by atomic mass is 28.3. The van der Waals surface area contributed by atoms with Gasteiger partial charge in [-0.3, -0.25) is 0 Å². The molecule has 0 aliphatic carbocycles. The van der Waals surface area contributed by atoms with Crippen LogP contribution < -0.4 is 0 Å². The van der Waals surface area contributed by atoms with Crippen molar-refractivity contribution in [2.24, 2.45) is 0 Å². The third-order valence-corrected chi connectivity index (χ3v) is 7.39. The van der Waals surface area contributed by atoms with Crippen molar-refractivity contribution in [1.29, 1.82) is 0 Å². The van der Waals surface area contributed by atoms with Crippen molar-refractivity contribution < 1.29 is 0 Å². The van der Waals surface area contributed by atoms with Crippen LogP contribution in [0.5, 0.6) is 0 Å². The standard InChI is InChI=1S/C10H10.C8H19Si.C8H8/c1-3-9-5-7-10(4-2)8-6-9;1-4-7-8-9(5-2)6-3;1-2-8-6-4-3-5-7-8/h3-8H,1-2H2;4-8H2,1-3H3;2-7H,1H2. The largest absolute Gasteiger partial charge is 0.0985 e. The fourth-order valence-electron chi connectivity index (χ4n) is 2.39. The second-order valence-corrected chi connectivity index (χ2v) is 9.66. The van der Waals surface area contributed by atoms with E-state index in [1.807, 2.05) is 72.8 Å². The summed E-state index contributed by atoms with van der Waals surface area (Å²) in [4.78, 5) is 0. The van der Waals surface area contributed by atoms with E-state index >= 15 is 0 Å². The lowest BCUT2D eigenvalue weighted by atomic mass is 10.1. The van der Waals surface area contributed by atoms with Gasteiger partial charge < -0.3 is 0 Å². The molecule has 0 aliphatic rings. The lowest BCUT2D eigenvalue weighted by molar-refractivity contribution is 0.868. The van der Waals surface area contributed by atoms with Gasteiger partial charge in [0, 0.05) is 8.80 Å². The van der Waals surface area contributed by atoms with Crippen molar-refractivity contribution in [2.75, 3.05) is 0 Å². The normalized spacial score (nSPS) is 9.33. The maximum absolute atomic E-state index is 3.66. The Labute approximate surface area is 170 Å². The van der Waals surface area contributed by atoms with Crippen LogP contribution in [0.4, 0.5) is 0 Å². The fraction of sp³-hybridized carbons (Fsp3) is 0.308. The molecule has 2 rings (SSSR count). The lowest BCUT2D eigenvalue weighted by Gasteiger charge is -2.07. The second kappa shape index (κ2) is 17.3. The summed E-state index contributed by atoms with van der Waals surface area (Å²) in [6.45, 7) is 17.9. The molecule has 1 heteroatoms. The van der Waals surface area contributed by atoms with Crippen LogP contribution in [0, 0.1) is 0 Å². The van der Waals surface area contributed by atoms with E-state index in [1.165, 1.54) is 30.5 Å². The zero-order valence-corrected chi connectivity index (χ0v) is 18.6. The zero-order chi connectivity index (χ0) is 20.3. The first-order valence-electron chi connectivity index (χ1n) is 10.0. The Kier molecular flexibility index (Phi) is 15.9. The molecule has 0 nitrogen and oxygen atoms in total. The topological polar surface area (TPSA) is 0 Å². The molecule has 2 aromatic carbocycles. The molecule has 0 aromatic heterocycles. The SMILES string of the molecule is C=Cc1ccc(C=C)cc1.C=Cc1ccccc1.CCCC[Si](CC)CC. The number of benzene rings is 2. The molecule has 0 unspecified atom stereocenters. The summed E-state index contributed by atoms with van der Waals surface area (Å²) in [7, 11) is 0.114. The Bertz CT molecular complexity index is 579. The van der Waals surface area contributed by atoms with Gasteiger partial charge in [0.05, 0.1) is 0 Å². The first-order chi connectivity index (χ1) is 13.1. The predicted molar refractivity (Wildman–Crippen MR) is 130 cm³/mol. The van der Waals surface area contributed by atoms with E-state index in [9.17, 15) is 0 Å². The molecule has 1 radical (unpaired) electrons. The van der Waals surface area contributed by atoms with E-state index in [0.29, 0.717) is 0 Å². The Balaban J connectivity index is 0.000000378. The van der Waals surface area contributed by atoms with Crippen molar-refractivity contribution in [1.82, 2.24) is 0 Å². The molecule has 0 N–H and O–H groups in total. The minimum Gasteiger partial charge on any atom is -0.0985 e. The monoisotopic (exact) mass is 377 g/mol. The molecule has 145 valence electrons.